The summed E-state index contributed by atoms with van der Waals surface area (Å²) in [5.74, 6) is 0.992. The standard InChI is InChI=1S/C28H31N3O5S/c1-20-8-11-22(12-9-20)36-19-31(18-27(32)33)17-21-10-13-24(34-3)25(16-21)35-15-14-30(2)28-29-23-6-4-5-7-26(23)37-28/h4-13,16H,14-15,17-19H2,1-3H3,(H,32,33). The van der Waals surface area contributed by atoms with Crippen LogP contribution in [0.5, 0.6) is 17.2 Å². The lowest BCUT2D eigenvalue weighted by molar-refractivity contribution is -0.139. The molecule has 1 aromatic heterocycles. The number of nitrogens with zero attached hydrogens (tertiary/aromatic N) is 3. The summed E-state index contributed by atoms with van der Waals surface area (Å²) < 4.78 is 18.5. The van der Waals surface area contributed by atoms with Gasteiger partial charge in [-0.3, -0.25) is 9.69 Å². The van der Waals surface area contributed by atoms with Crippen molar-refractivity contribution in [2.75, 3.05) is 45.5 Å². The van der Waals surface area contributed by atoms with Gasteiger partial charge < -0.3 is 24.2 Å². The van der Waals surface area contributed by atoms with Crippen LogP contribution in [0.4, 0.5) is 5.13 Å². The second-order valence-electron chi connectivity index (χ2n) is 8.69. The van der Waals surface area contributed by atoms with Crippen LogP contribution in [0.2, 0.25) is 0 Å². The smallest absolute Gasteiger partial charge is 0.317 e. The lowest BCUT2D eigenvalue weighted by atomic mass is 10.2. The zero-order valence-corrected chi connectivity index (χ0v) is 22.0. The molecule has 0 saturated carbocycles. The fourth-order valence-corrected chi connectivity index (χ4v) is 4.69. The number of ether oxygens (including phenoxy) is 3. The van der Waals surface area contributed by atoms with Gasteiger partial charge in [0.1, 0.15) is 19.1 Å². The molecule has 0 aliphatic rings. The Kier molecular flexibility index (Phi) is 8.81. The van der Waals surface area contributed by atoms with Crippen LogP contribution in [0.3, 0.4) is 0 Å². The van der Waals surface area contributed by atoms with Gasteiger partial charge in [-0.15, -0.1) is 0 Å². The molecule has 8 nitrogen and oxygen atoms in total. The molecular formula is C28H31N3O5S. The third-order valence-corrected chi connectivity index (χ3v) is 6.87. The van der Waals surface area contributed by atoms with Crippen molar-refractivity contribution in [2.45, 2.75) is 13.5 Å². The molecule has 9 heteroatoms. The summed E-state index contributed by atoms with van der Waals surface area (Å²) in [4.78, 5) is 19.9. The van der Waals surface area contributed by atoms with Crippen LogP contribution in [0, 0.1) is 6.92 Å². The second-order valence-corrected chi connectivity index (χ2v) is 9.70. The zero-order valence-electron chi connectivity index (χ0n) is 21.2. The van der Waals surface area contributed by atoms with Gasteiger partial charge in [-0.1, -0.05) is 47.2 Å². The number of carboxylic acid groups (broad SMARTS) is 1. The average Bonchev–Trinajstić information content (AvgIpc) is 3.33. The minimum absolute atomic E-state index is 0.143. The van der Waals surface area contributed by atoms with E-state index in [2.05, 4.69) is 16.0 Å². The first-order valence-corrected chi connectivity index (χ1v) is 12.7. The summed E-state index contributed by atoms with van der Waals surface area (Å²) in [6.45, 7) is 3.45. The number of carboxylic acids is 1. The fraction of sp³-hybridized carbons (Fsp3) is 0.286. The van der Waals surface area contributed by atoms with Crippen molar-refractivity contribution in [3.63, 3.8) is 0 Å². The number of hydrogen-bond acceptors (Lipinski definition) is 8. The van der Waals surface area contributed by atoms with Gasteiger partial charge in [0, 0.05) is 13.6 Å². The van der Waals surface area contributed by atoms with Crippen LogP contribution in [-0.4, -0.2) is 61.5 Å². The van der Waals surface area contributed by atoms with E-state index in [9.17, 15) is 9.90 Å². The molecule has 0 unspecified atom stereocenters. The number of carbonyl (C=O) groups is 1. The Hall–Kier alpha value is -3.82. The molecule has 1 heterocycles. The quantitative estimate of drug-likeness (QED) is 0.245. The summed E-state index contributed by atoms with van der Waals surface area (Å²) in [6, 6.07) is 21.4. The number of aliphatic carboxylic acids is 1. The van der Waals surface area contributed by atoms with Crippen molar-refractivity contribution in [1.82, 2.24) is 9.88 Å². The maximum atomic E-state index is 11.5. The summed E-state index contributed by atoms with van der Waals surface area (Å²) >= 11 is 1.65. The SMILES string of the molecule is COc1ccc(CN(COc2ccc(C)cc2)CC(=O)O)cc1OCCN(C)c1nc2ccccc2s1. The predicted molar refractivity (Wildman–Crippen MR) is 146 cm³/mol. The van der Waals surface area contributed by atoms with Crippen molar-refractivity contribution in [3.05, 3.63) is 77.9 Å². The Morgan fingerprint density at radius 1 is 1.03 bits per heavy atom. The maximum absolute atomic E-state index is 11.5. The van der Waals surface area contributed by atoms with Gasteiger partial charge in [0.15, 0.2) is 16.6 Å². The molecule has 0 spiro atoms. The maximum Gasteiger partial charge on any atom is 0.317 e. The van der Waals surface area contributed by atoms with Gasteiger partial charge in [-0.2, -0.15) is 0 Å². The number of para-hydroxylation sites is 1. The van der Waals surface area contributed by atoms with Gasteiger partial charge in [0.05, 0.1) is 30.4 Å². The van der Waals surface area contributed by atoms with Crippen LogP contribution in [-0.2, 0) is 11.3 Å². The number of likely N-dealkylation sites (N-methyl/N-ethyl adjacent to an activating group) is 1. The van der Waals surface area contributed by atoms with E-state index in [4.69, 9.17) is 14.2 Å². The van der Waals surface area contributed by atoms with Crippen molar-refractivity contribution < 1.29 is 24.1 Å². The number of anilines is 1. The highest BCUT2D eigenvalue weighted by Gasteiger charge is 2.14. The fourth-order valence-electron chi connectivity index (χ4n) is 3.74. The molecule has 0 amide bonds. The number of aryl methyl sites for hydroxylation is 1. The third kappa shape index (κ3) is 7.34. The minimum Gasteiger partial charge on any atom is -0.493 e. The molecular weight excluding hydrogens is 490 g/mol. The highest BCUT2D eigenvalue weighted by Crippen LogP contribution is 2.30. The van der Waals surface area contributed by atoms with Crippen molar-refractivity contribution in [3.8, 4) is 17.2 Å². The van der Waals surface area contributed by atoms with Gasteiger partial charge in [-0.05, 0) is 48.9 Å². The number of methoxy groups -OCH3 is 1. The number of fused-ring (bicyclic) bond motifs is 1. The molecule has 194 valence electrons. The molecule has 0 radical (unpaired) electrons. The monoisotopic (exact) mass is 521 g/mol. The molecule has 0 aliphatic carbocycles. The number of rotatable bonds is 13. The van der Waals surface area contributed by atoms with Gasteiger partial charge in [0.2, 0.25) is 0 Å². The van der Waals surface area contributed by atoms with E-state index in [0.717, 1.165) is 26.5 Å². The zero-order chi connectivity index (χ0) is 26.2. The molecule has 3 aromatic carbocycles. The van der Waals surface area contributed by atoms with Gasteiger partial charge in [-0.25, -0.2) is 4.98 Å². The number of hydrogen-bond donors (Lipinski definition) is 1. The van der Waals surface area contributed by atoms with Crippen molar-refractivity contribution in [1.29, 1.82) is 0 Å². The highest BCUT2D eigenvalue weighted by molar-refractivity contribution is 7.22. The summed E-state index contributed by atoms with van der Waals surface area (Å²) in [7, 11) is 3.59. The van der Waals surface area contributed by atoms with E-state index in [-0.39, 0.29) is 13.3 Å². The van der Waals surface area contributed by atoms with Crippen LogP contribution < -0.4 is 19.1 Å². The average molecular weight is 522 g/mol. The highest BCUT2D eigenvalue weighted by atomic mass is 32.1. The molecule has 0 bridgehead atoms. The lowest BCUT2D eigenvalue weighted by Gasteiger charge is -2.22. The molecule has 0 saturated heterocycles. The first kappa shape index (κ1) is 26.2. The Morgan fingerprint density at radius 3 is 2.54 bits per heavy atom. The topological polar surface area (TPSA) is 84.4 Å². The van der Waals surface area contributed by atoms with Gasteiger partial charge >= 0.3 is 5.97 Å². The second kappa shape index (κ2) is 12.4. The largest absolute Gasteiger partial charge is 0.493 e. The van der Waals surface area contributed by atoms with E-state index < -0.39 is 5.97 Å². The van der Waals surface area contributed by atoms with E-state index in [1.807, 2.05) is 74.6 Å². The first-order chi connectivity index (χ1) is 17.9. The predicted octanol–water partition coefficient (Wildman–Crippen LogP) is 5.05. The first-order valence-electron chi connectivity index (χ1n) is 11.9. The van der Waals surface area contributed by atoms with Crippen molar-refractivity contribution >= 4 is 32.7 Å². The van der Waals surface area contributed by atoms with Crippen LogP contribution >= 0.6 is 11.3 Å². The molecule has 1 N–H and O–H groups in total. The summed E-state index contributed by atoms with van der Waals surface area (Å²) in [5, 5.41) is 10.3. The van der Waals surface area contributed by atoms with E-state index in [1.165, 1.54) is 0 Å². The van der Waals surface area contributed by atoms with E-state index in [0.29, 0.717) is 36.9 Å². The molecule has 4 aromatic rings. The normalized spacial score (nSPS) is 11.0. The van der Waals surface area contributed by atoms with E-state index in [1.54, 1.807) is 23.3 Å². The van der Waals surface area contributed by atoms with E-state index >= 15 is 0 Å². The summed E-state index contributed by atoms with van der Waals surface area (Å²) in [5.41, 5.74) is 3.01. The molecule has 4 rings (SSSR count). The van der Waals surface area contributed by atoms with Crippen LogP contribution in [0.15, 0.2) is 66.7 Å². The Labute approximate surface area is 220 Å². The van der Waals surface area contributed by atoms with Crippen molar-refractivity contribution in [2.24, 2.45) is 0 Å². The number of aromatic nitrogens is 1. The van der Waals surface area contributed by atoms with Gasteiger partial charge in [0.25, 0.3) is 0 Å². The molecule has 37 heavy (non-hydrogen) atoms. The van der Waals surface area contributed by atoms with Crippen LogP contribution in [0.1, 0.15) is 11.1 Å². The Morgan fingerprint density at radius 2 is 1.81 bits per heavy atom. The number of benzene rings is 3. The third-order valence-electron chi connectivity index (χ3n) is 5.72. The number of thiazole rings is 1. The Bertz CT molecular complexity index is 1290. The molecule has 0 aliphatic heterocycles. The Balaban J connectivity index is 1.38. The lowest BCUT2D eigenvalue weighted by Crippen LogP contribution is -2.32. The summed E-state index contributed by atoms with van der Waals surface area (Å²) in [6.07, 6.45) is 0. The molecule has 0 atom stereocenters. The molecule has 0 fully saturated rings. The van der Waals surface area contributed by atoms with Crippen LogP contribution in [0.25, 0.3) is 10.2 Å². The minimum atomic E-state index is -0.921.